The first-order valence-electron chi connectivity index (χ1n) is 8.24. The zero-order chi connectivity index (χ0) is 18.7. The summed E-state index contributed by atoms with van der Waals surface area (Å²) in [6.45, 7) is 0.951. The Kier molecular flexibility index (Phi) is 6.12. The second-order valence-corrected chi connectivity index (χ2v) is 7.01. The molecule has 1 heterocycles. The highest BCUT2D eigenvalue weighted by atomic mass is 35.5. The van der Waals surface area contributed by atoms with Gasteiger partial charge in [-0.05, 0) is 49.2 Å². The van der Waals surface area contributed by atoms with Crippen LogP contribution in [0.15, 0.2) is 36.4 Å². The third-order valence-electron chi connectivity index (χ3n) is 4.31. The summed E-state index contributed by atoms with van der Waals surface area (Å²) < 4.78 is 32.6. The Hall–Kier alpha value is -1.69. The van der Waals surface area contributed by atoms with E-state index in [4.69, 9.17) is 27.9 Å². The lowest BCUT2D eigenvalue weighted by Gasteiger charge is -2.33. The van der Waals surface area contributed by atoms with Crippen molar-refractivity contribution in [2.24, 2.45) is 0 Å². The van der Waals surface area contributed by atoms with Crippen LogP contribution >= 0.6 is 23.2 Å². The maximum absolute atomic E-state index is 13.7. The number of nitrogens with zero attached hydrogens (tertiary/aromatic N) is 1. The predicted molar refractivity (Wildman–Crippen MR) is 96.5 cm³/mol. The Bertz CT molecular complexity index is 816. The molecule has 7 heteroatoms. The maximum Gasteiger partial charge on any atom is 0.253 e. The number of amides is 1. The van der Waals surface area contributed by atoms with Crippen molar-refractivity contribution in [2.75, 3.05) is 13.1 Å². The van der Waals surface area contributed by atoms with Gasteiger partial charge >= 0.3 is 0 Å². The van der Waals surface area contributed by atoms with Gasteiger partial charge in [0.1, 0.15) is 11.6 Å². The number of hydrogen-bond donors (Lipinski definition) is 0. The Morgan fingerprint density at radius 1 is 1.15 bits per heavy atom. The van der Waals surface area contributed by atoms with Gasteiger partial charge in [0.25, 0.3) is 5.91 Å². The van der Waals surface area contributed by atoms with E-state index in [9.17, 15) is 13.6 Å². The Morgan fingerprint density at radius 2 is 1.96 bits per heavy atom. The number of halogens is 4. The third-order valence-corrected chi connectivity index (χ3v) is 5.05. The molecule has 0 spiro atoms. The molecule has 1 amide bonds. The minimum absolute atomic E-state index is 0.0386. The van der Waals surface area contributed by atoms with Gasteiger partial charge in [0.2, 0.25) is 0 Å². The zero-order valence-electron chi connectivity index (χ0n) is 13.9. The molecule has 3 nitrogen and oxygen atoms in total. The number of hydrogen-bond acceptors (Lipinski definition) is 2. The molecule has 1 saturated heterocycles. The van der Waals surface area contributed by atoms with Crippen LogP contribution in [0.3, 0.4) is 0 Å². The molecule has 138 valence electrons. The molecule has 2 aromatic rings. The molecular formula is C19H17Cl2F2NO2. The number of piperidine rings is 1. The summed E-state index contributed by atoms with van der Waals surface area (Å²) >= 11 is 11.9. The van der Waals surface area contributed by atoms with Gasteiger partial charge in [-0.15, -0.1) is 0 Å². The number of benzene rings is 2. The van der Waals surface area contributed by atoms with Crippen LogP contribution in [0.4, 0.5) is 8.78 Å². The smallest absolute Gasteiger partial charge is 0.253 e. The second kappa shape index (κ2) is 8.33. The first kappa shape index (κ1) is 19.1. The van der Waals surface area contributed by atoms with Crippen LogP contribution in [0, 0.1) is 11.6 Å². The van der Waals surface area contributed by atoms with Gasteiger partial charge in [-0.3, -0.25) is 4.79 Å². The highest BCUT2D eigenvalue weighted by Crippen LogP contribution is 2.24. The second-order valence-electron chi connectivity index (χ2n) is 6.19. The molecule has 3 rings (SSSR count). The standard InChI is InChI=1S/C19H17Cl2F2NO2/c20-16-5-3-12(9-17(16)21)19(25)24-7-1-2-15(10-24)26-11-13-8-14(22)4-6-18(13)23/h3-6,8-9,15H,1-2,7,10-11H2. The van der Waals surface area contributed by atoms with Crippen molar-refractivity contribution >= 4 is 29.1 Å². The third kappa shape index (κ3) is 4.53. The summed E-state index contributed by atoms with van der Waals surface area (Å²) in [7, 11) is 0. The van der Waals surface area contributed by atoms with E-state index in [1.54, 1.807) is 23.1 Å². The Morgan fingerprint density at radius 3 is 2.73 bits per heavy atom. The van der Waals surface area contributed by atoms with Crippen LogP contribution < -0.4 is 0 Å². The van der Waals surface area contributed by atoms with Gasteiger partial charge in [0, 0.05) is 24.2 Å². The molecule has 0 saturated carbocycles. The lowest BCUT2D eigenvalue weighted by atomic mass is 10.1. The molecule has 1 fully saturated rings. The summed E-state index contributed by atoms with van der Waals surface area (Å²) in [5.74, 6) is -1.18. The van der Waals surface area contributed by atoms with Crippen molar-refractivity contribution < 1.29 is 18.3 Å². The van der Waals surface area contributed by atoms with Crippen LogP contribution in [-0.4, -0.2) is 30.0 Å². The lowest BCUT2D eigenvalue weighted by Crippen LogP contribution is -2.43. The Labute approximate surface area is 160 Å². The fourth-order valence-corrected chi connectivity index (χ4v) is 3.23. The molecule has 1 aliphatic rings. The Balaban J connectivity index is 1.62. The summed E-state index contributed by atoms with van der Waals surface area (Å²) in [4.78, 5) is 14.3. The van der Waals surface area contributed by atoms with Crippen LogP contribution in [-0.2, 0) is 11.3 Å². The number of likely N-dealkylation sites (tertiary alicyclic amines) is 1. The molecule has 1 aliphatic heterocycles. The largest absolute Gasteiger partial charge is 0.372 e. The number of carbonyl (C=O) groups excluding carboxylic acids is 1. The summed E-state index contributed by atoms with van der Waals surface area (Å²) in [5, 5.41) is 0.712. The molecule has 26 heavy (non-hydrogen) atoms. The van der Waals surface area contributed by atoms with E-state index in [0.717, 1.165) is 31.0 Å². The van der Waals surface area contributed by atoms with Crippen LogP contribution in [0.25, 0.3) is 0 Å². The minimum atomic E-state index is -0.509. The van der Waals surface area contributed by atoms with Crippen molar-refractivity contribution in [1.82, 2.24) is 4.90 Å². The molecule has 0 aliphatic carbocycles. The summed E-state index contributed by atoms with van der Waals surface area (Å²) in [6.07, 6.45) is 1.28. The normalized spacial score (nSPS) is 17.4. The minimum Gasteiger partial charge on any atom is -0.372 e. The monoisotopic (exact) mass is 399 g/mol. The van der Waals surface area contributed by atoms with Gasteiger partial charge in [-0.2, -0.15) is 0 Å². The highest BCUT2D eigenvalue weighted by molar-refractivity contribution is 6.42. The van der Waals surface area contributed by atoms with Gasteiger partial charge in [-0.25, -0.2) is 8.78 Å². The lowest BCUT2D eigenvalue weighted by molar-refractivity contribution is -0.00769. The van der Waals surface area contributed by atoms with Crippen molar-refractivity contribution in [3.63, 3.8) is 0 Å². The average molecular weight is 400 g/mol. The van der Waals surface area contributed by atoms with Gasteiger partial charge in [0.15, 0.2) is 0 Å². The fourth-order valence-electron chi connectivity index (χ4n) is 2.93. The number of rotatable bonds is 4. The van der Waals surface area contributed by atoms with Gasteiger partial charge in [-0.1, -0.05) is 23.2 Å². The van der Waals surface area contributed by atoms with Gasteiger partial charge in [0.05, 0.1) is 22.8 Å². The van der Waals surface area contributed by atoms with Crippen LogP contribution in [0.2, 0.25) is 10.0 Å². The molecule has 0 bridgehead atoms. The van der Waals surface area contributed by atoms with E-state index in [2.05, 4.69) is 0 Å². The van der Waals surface area contributed by atoms with Crippen LogP contribution in [0.5, 0.6) is 0 Å². The van der Waals surface area contributed by atoms with Crippen molar-refractivity contribution in [3.8, 4) is 0 Å². The number of ether oxygens (including phenoxy) is 1. The SMILES string of the molecule is O=C(c1ccc(Cl)c(Cl)c1)N1CCCC(OCc2cc(F)ccc2F)C1. The van der Waals surface area contributed by atoms with E-state index < -0.39 is 11.6 Å². The van der Waals surface area contributed by atoms with Crippen LogP contribution in [0.1, 0.15) is 28.8 Å². The predicted octanol–water partition coefficient (Wildman–Crippen LogP) is 5.09. The number of carbonyl (C=O) groups is 1. The van der Waals surface area contributed by atoms with E-state index >= 15 is 0 Å². The molecule has 1 unspecified atom stereocenters. The van der Waals surface area contributed by atoms with E-state index in [1.165, 1.54) is 0 Å². The average Bonchev–Trinajstić information content (AvgIpc) is 2.64. The summed E-state index contributed by atoms with van der Waals surface area (Å²) in [6, 6.07) is 8.02. The van der Waals surface area contributed by atoms with E-state index in [1.807, 2.05) is 0 Å². The molecular weight excluding hydrogens is 383 g/mol. The first-order valence-corrected chi connectivity index (χ1v) is 8.99. The zero-order valence-corrected chi connectivity index (χ0v) is 15.4. The van der Waals surface area contributed by atoms with E-state index in [-0.39, 0.29) is 24.2 Å². The molecule has 2 aromatic carbocycles. The van der Waals surface area contributed by atoms with Crippen molar-refractivity contribution in [2.45, 2.75) is 25.6 Å². The molecule has 0 N–H and O–H groups in total. The fraction of sp³-hybridized carbons (Fsp3) is 0.316. The molecule has 0 aromatic heterocycles. The maximum atomic E-state index is 13.7. The molecule has 0 radical (unpaired) electrons. The van der Waals surface area contributed by atoms with Crippen molar-refractivity contribution in [1.29, 1.82) is 0 Å². The topological polar surface area (TPSA) is 29.5 Å². The highest BCUT2D eigenvalue weighted by Gasteiger charge is 2.25. The first-order chi connectivity index (χ1) is 12.4. The summed E-state index contributed by atoms with van der Waals surface area (Å²) in [5.41, 5.74) is 0.620. The quantitative estimate of drug-likeness (QED) is 0.716. The molecule has 1 atom stereocenters. The van der Waals surface area contributed by atoms with E-state index in [0.29, 0.717) is 28.7 Å². The van der Waals surface area contributed by atoms with Crippen molar-refractivity contribution in [3.05, 3.63) is 69.2 Å². The van der Waals surface area contributed by atoms with Gasteiger partial charge < -0.3 is 9.64 Å².